The molecule has 0 bridgehead atoms. The third kappa shape index (κ3) is 4.60. The van der Waals surface area contributed by atoms with Crippen LogP contribution in [0.5, 0.6) is 0 Å². The van der Waals surface area contributed by atoms with Crippen molar-refractivity contribution in [1.29, 1.82) is 0 Å². The van der Waals surface area contributed by atoms with Gasteiger partial charge < -0.3 is 9.80 Å². The predicted octanol–water partition coefficient (Wildman–Crippen LogP) is 8.23. The zero-order valence-corrected chi connectivity index (χ0v) is 33.0. The fourth-order valence-corrected chi connectivity index (χ4v) is 14.2. The van der Waals surface area contributed by atoms with Gasteiger partial charge in [-0.2, -0.15) is 0 Å². The largest absolute Gasteiger partial charge is 0.311 e. The fraction of sp³-hybridized carbons (Fsp3) is 0.0800. The lowest BCUT2D eigenvalue weighted by molar-refractivity contribution is 1.22. The molecule has 0 fully saturated rings. The molecular weight excluding hydrogens is 695 g/mol. The van der Waals surface area contributed by atoms with Gasteiger partial charge >= 0.3 is 0 Å². The Balaban J connectivity index is 1.30. The van der Waals surface area contributed by atoms with Crippen LogP contribution in [-0.2, 0) is 0 Å². The normalized spacial score (nSPS) is 14.1. The first-order valence-electron chi connectivity index (χ1n) is 19.5. The molecule has 3 aliphatic rings. The van der Waals surface area contributed by atoms with Crippen LogP contribution in [0.25, 0.3) is 22.5 Å². The van der Waals surface area contributed by atoms with Crippen molar-refractivity contribution in [2.24, 2.45) is 0 Å². The first-order chi connectivity index (χ1) is 27.4. The maximum absolute atomic E-state index is 4.92. The smallest absolute Gasteiger partial charge is 0.251 e. The van der Waals surface area contributed by atoms with E-state index in [9.17, 15) is 0 Å². The van der Waals surface area contributed by atoms with Gasteiger partial charge in [0.05, 0.1) is 22.8 Å². The maximum Gasteiger partial charge on any atom is 0.251 e. The number of pyridine rings is 2. The molecule has 0 aliphatic carbocycles. The second-order valence-corrected chi connectivity index (χ2v) is 19.7. The Morgan fingerprint density at radius 3 is 1.41 bits per heavy atom. The van der Waals surface area contributed by atoms with Gasteiger partial charge in [-0.3, -0.25) is 9.97 Å². The van der Waals surface area contributed by atoms with E-state index in [1.807, 2.05) is 24.5 Å². The van der Waals surface area contributed by atoms with Gasteiger partial charge in [0.25, 0.3) is 6.71 Å². The molecule has 6 aromatic carbocycles. The molecule has 0 saturated heterocycles. The van der Waals surface area contributed by atoms with Crippen molar-refractivity contribution >= 4 is 80.9 Å². The first kappa shape index (κ1) is 32.9. The highest BCUT2D eigenvalue weighted by atomic mass is 28.3. The van der Waals surface area contributed by atoms with Crippen molar-refractivity contribution in [3.63, 3.8) is 0 Å². The van der Waals surface area contributed by atoms with E-state index < -0.39 is 8.07 Å². The molecule has 0 unspecified atom stereocenters. The number of hydrogen-bond acceptors (Lipinski definition) is 4. The van der Waals surface area contributed by atoms with E-state index in [0.29, 0.717) is 0 Å². The highest BCUT2D eigenvalue weighted by Crippen LogP contribution is 2.48. The third-order valence-corrected chi connectivity index (χ3v) is 16.9. The number of nitrogens with zero attached hydrogens (tertiary/aromatic N) is 4. The van der Waals surface area contributed by atoms with E-state index in [2.05, 4.69) is 177 Å². The fourth-order valence-electron chi connectivity index (χ4n) is 9.98. The lowest BCUT2D eigenvalue weighted by Gasteiger charge is -2.51. The highest BCUT2D eigenvalue weighted by Gasteiger charge is 2.53. The van der Waals surface area contributed by atoms with Gasteiger partial charge in [0, 0.05) is 46.3 Å². The summed E-state index contributed by atoms with van der Waals surface area (Å²) < 4.78 is 0. The van der Waals surface area contributed by atoms with Gasteiger partial charge in [0.1, 0.15) is 8.07 Å². The van der Waals surface area contributed by atoms with Crippen LogP contribution in [0.4, 0.5) is 34.1 Å². The van der Waals surface area contributed by atoms with Crippen LogP contribution in [0.1, 0.15) is 16.7 Å². The van der Waals surface area contributed by atoms with E-state index in [4.69, 9.17) is 9.97 Å². The maximum atomic E-state index is 4.92. The van der Waals surface area contributed by atoms with Crippen molar-refractivity contribution in [3.8, 4) is 22.5 Å². The summed E-state index contributed by atoms with van der Waals surface area (Å²) in [6, 6.07) is 56.6. The Kier molecular flexibility index (Phi) is 7.20. The number of benzene rings is 6. The van der Waals surface area contributed by atoms with E-state index in [-0.39, 0.29) is 6.71 Å². The van der Waals surface area contributed by atoms with Gasteiger partial charge in [-0.1, -0.05) is 107 Å². The Hall–Kier alpha value is -6.50. The summed E-state index contributed by atoms with van der Waals surface area (Å²) in [6.07, 6.45) is 3.81. The van der Waals surface area contributed by atoms with Crippen LogP contribution < -0.4 is 41.7 Å². The van der Waals surface area contributed by atoms with E-state index in [1.165, 1.54) is 71.4 Å². The van der Waals surface area contributed by atoms with Crippen LogP contribution in [0, 0.1) is 20.8 Å². The molecule has 3 aliphatic heterocycles. The van der Waals surface area contributed by atoms with E-state index >= 15 is 0 Å². The molecular formula is C50H39BN4Si. The lowest BCUT2D eigenvalue weighted by Crippen LogP contribution is -2.83. The van der Waals surface area contributed by atoms with Crippen molar-refractivity contribution in [2.45, 2.75) is 27.3 Å². The SMILES string of the molecule is Cc1ccc(N2c3cc(C)cc4c3B3c5c2cccc5[Si](C)(c2ccccc2)c2cccc(c23)N4c2ccc(C)cc2-c2ccccn2)c(-c2ccccn2)c1. The van der Waals surface area contributed by atoms with Gasteiger partial charge in [0.2, 0.25) is 0 Å². The second-order valence-electron chi connectivity index (χ2n) is 15.8. The zero-order chi connectivity index (χ0) is 37.7. The molecule has 0 atom stereocenters. The number of aryl methyl sites for hydroxylation is 3. The second kappa shape index (κ2) is 12.3. The summed E-state index contributed by atoms with van der Waals surface area (Å²) in [6.45, 7) is 9.25. The molecule has 4 nitrogen and oxygen atoms in total. The molecule has 0 amide bonds. The lowest BCUT2D eigenvalue weighted by atomic mass is 9.33. The molecule has 2 aromatic heterocycles. The Bertz CT molecular complexity index is 2710. The van der Waals surface area contributed by atoms with E-state index in [0.717, 1.165) is 33.9 Å². The van der Waals surface area contributed by atoms with Gasteiger partial charge in [-0.25, -0.2) is 0 Å². The van der Waals surface area contributed by atoms with Crippen LogP contribution in [0.3, 0.4) is 0 Å². The van der Waals surface area contributed by atoms with Crippen molar-refractivity contribution in [3.05, 3.63) is 181 Å². The molecule has 5 heterocycles. The van der Waals surface area contributed by atoms with Crippen molar-refractivity contribution in [2.75, 3.05) is 9.80 Å². The van der Waals surface area contributed by atoms with Gasteiger partial charge in [-0.05, 0) is 121 Å². The monoisotopic (exact) mass is 734 g/mol. The first-order valence-corrected chi connectivity index (χ1v) is 22.0. The summed E-state index contributed by atoms with van der Waals surface area (Å²) in [7, 11) is -2.56. The zero-order valence-electron chi connectivity index (χ0n) is 32.0. The number of rotatable bonds is 5. The quantitative estimate of drug-likeness (QED) is 0.167. The third-order valence-electron chi connectivity index (χ3n) is 12.4. The minimum absolute atomic E-state index is 0.0716. The molecule has 0 radical (unpaired) electrons. The van der Waals surface area contributed by atoms with Crippen LogP contribution in [0.15, 0.2) is 164 Å². The molecule has 0 N–H and O–H groups in total. The molecule has 0 saturated carbocycles. The molecule has 0 spiro atoms. The summed E-state index contributed by atoms with van der Waals surface area (Å²) in [5.41, 5.74) is 19.3. The van der Waals surface area contributed by atoms with E-state index in [1.54, 1.807) is 0 Å². The molecule has 266 valence electrons. The van der Waals surface area contributed by atoms with Crippen molar-refractivity contribution < 1.29 is 0 Å². The molecule has 56 heavy (non-hydrogen) atoms. The Morgan fingerprint density at radius 2 is 0.929 bits per heavy atom. The average Bonchev–Trinajstić information content (AvgIpc) is 3.24. The van der Waals surface area contributed by atoms with Crippen LogP contribution in [0.2, 0.25) is 6.55 Å². The molecule has 11 rings (SSSR count). The number of anilines is 6. The minimum atomic E-state index is -2.56. The van der Waals surface area contributed by atoms with Gasteiger partial charge in [0.15, 0.2) is 0 Å². The Labute approximate surface area is 329 Å². The van der Waals surface area contributed by atoms with Crippen LogP contribution in [-0.4, -0.2) is 24.8 Å². The number of aromatic nitrogens is 2. The summed E-state index contributed by atoms with van der Waals surface area (Å²) in [5, 5.41) is 4.40. The summed E-state index contributed by atoms with van der Waals surface area (Å²) in [4.78, 5) is 15.0. The average molecular weight is 735 g/mol. The molecule has 8 aromatic rings. The minimum Gasteiger partial charge on any atom is -0.311 e. The van der Waals surface area contributed by atoms with Crippen LogP contribution >= 0.6 is 0 Å². The molecule has 6 heteroatoms. The topological polar surface area (TPSA) is 32.3 Å². The summed E-state index contributed by atoms with van der Waals surface area (Å²) in [5.74, 6) is 0. The number of hydrogen-bond donors (Lipinski definition) is 0. The highest BCUT2D eigenvalue weighted by molar-refractivity contribution is 7.21. The Morgan fingerprint density at radius 1 is 0.429 bits per heavy atom. The summed E-state index contributed by atoms with van der Waals surface area (Å²) >= 11 is 0. The standard InChI is InChI=1S/C50H39BN4Si/c1-32-22-24-40(36(28-32)38-16-8-10-26-52-38)54-42-18-12-20-46-49(42)51-48-44(54)30-34(3)31-45(48)55(41-25-23-33(2)29-37(41)39-17-9-11-27-53-39)43-19-13-21-47(50(43)51)56(46,4)35-14-6-5-7-15-35/h5-31H,1-4H3. The predicted molar refractivity (Wildman–Crippen MR) is 238 cm³/mol. The van der Waals surface area contributed by atoms with Crippen molar-refractivity contribution in [1.82, 2.24) is 9.97 Å². The van der Waals surface area contributed by atoms with Gasteiger partial charge in [-0.15, -0.1) is 0 Å².